The van der Waals surface area contributed by atoms with Crippen LogP contribution in [0, 0.1) is 0 Å². The molecule has 0 atom stereocenters. The Bertz CT molecular complexity index is 425. The standard InChI is InChI=1S/C12H18N2O4/c1-4-14(8(2)3)12(17)13-7-9-5-6-10(18-9)11(15)16/h5-6,8H,4,7H2,1-3H3,(H,13,17)(H,15,16). The summed E-state index contributed by atoms with van der Waals surface area (Å²) >= 11 is 0. The Kier molecular flexibility index (Phi) is 4.76. The second-order valence-electron chi connectivity index (χ2n) is 4.11. The topological polar surface area (TPSA) is 82.8 Å². The van der Waals surface area contributed by atoms with Gasteiger partial charge in [0.25, 0.3) is 0 Å². The molecule has 1 aromatic heterocycles. The number of aromatic carboxylic acids is 1. The average molecular weight is 254 g/mol. The third-order valence-corrected chi connectivity index (χ3v) is 2.51. The zero-order chi connectivity index (χ0) is 13.7. The lowest BCUT2D eigenvalue weighted by Crippen LogP contribution is -2.43. The van der Waals surface area contributed by atoms with Gasteiger partial charge in [-0.25, -0.2) is 9.59 Å². The van der Waals surface area contributed by atoms with Crippen LogP contribution in [0.15, 0.2) is 16.5 Å². The summed E-state index contributed by atoms with van der Waals surface area (Å²) in [5, 5.41) is 11.4. The maximum Gasteiger partial charge on any atom is 0.371 e. The van der Waals surface area contributed by atoms with Crippen LogP contribution in [0.3, 0.4) is 0 Å². The van der Waals surface area contributed by atoms with E-state index in [0.29, 0.717) is 12.3 Å². The smallest absolute Gasteiger partial charge is 0.371 e. The van der Waals surface area contributed by atoms with E-state index in [1.54, 1.807) is 4.90 Å². The van der Waals surface area contributed by atoms with Gasteiger partial charge in [0.15, 0.2) is 0 Å². The lowest BCUT2D eigenvalue weighted by molar-refractivity contribution is 0.0660. The summed E-state index contributed by atoms with van der Waals surface area (Å²) in [5.74, 6) is -0.832. The zero-order valence-corrected chi connectivity index (χ0v) is 10.8. The molecule has 0 aliphatic rings. The first-order valence-electron chi connectivity index (χ1n) is 5.82. The molecule has 0 bridgehead atoms. The first-order valence-corrected chi connectivity index (χ1v) is 5.82. The molecule has 0 aromatic carbocycles. The summed E-state index contributed by atoms with van der Waals surface area (Å²) in [5.41, 5.74) is 0. The van der Waals surface area contributed by atoms with Gasteiger partial charge >= 0.3 is 12.0 Å². The molecule has 0 spiro atoms. The third-order valence-electron chi connectivity index (χ3n) is 2.51. The van der Waals surface area contributed by atoms with Crippen molar-refractivity contribution in [3.63, 3.8) is 0 Å². The zero-order valence-electron chi connectivity index (χ0n) is 10.8. The van der Waals surface area contributed by atoms with Crippen LogP contribution >= 0.6 is 0 Å². The number of furan rings is 1. The van der Waals surface area contributed by atoms with E-state index in [9.17, 15) is 9.59 Å². The number of carbonyl (C=O) groups excluding carboxylic acids is 1. The molecular formula is C12H18N2O4. The van der Waals surface area contributed by atoms with E-state index in [1.807, 2.05) is 20.8 Å². The van der Waals surface area contributed by atoms with Crippen molar-refractivity contribution in [2.24, 2.45) is 0 Å². The number of nitrogens with one attached hydrogen (secondary N) is 1. The molecule has 6 heteroatoms. The minimum Gasteiger partial charge on any atom is -0.475 e. The summed E-state index contributed by atoms with van der Waals surface area (Å²) in [7, 11) is 0. The number of urea groups is 1. The van der Waals surface area contributed by atoms with E-state index in [2.05, 4.69) is 5.32 Å². The highest BCUT2D eigenvalue weighted by molar-refractivity contribution is 5.84. The van der Waals surface area contributed by atoms with Crippen molar-refractivity contribution < 1.29 is 19.1 Å². The largest absolute Gasteiger partial charge is 0.475 e. The lowest BCUT2D eigenvalue weighted by atomic mass is 10.3. The second kappa shape index (κ2) is 6.09. The molecule has 6 nitrogen and oxygen atoms in total. The molecule has 1 aromatic rings. The van der Waals surface area contributed by atoms with Crippen molar-refractivity contribution in [3.05, 3.63) is 23.7 Å². The minimum absolute atomic E-state index is 0.112. The van der Waals surface area contributed by atoms with Crippen molar-refractivity contribution in [2.45, 2.75) is 33.4 Å². The highest BCUT2D eigenvalue weighted by Crippen LogP contribution is 2.08. The number of carboxylic acids is 1. The SMILES string of the molecule is CCN(C(=O)NCc1ccc(C(=O)O)o1)C(C)C. The van der Waals surface area contributed by atoms with Crippen LogP contribution in [0.4, 0.5) is 4.79 Å². The Morgan fingerprint density at radius 3 is 2.56 bits per heavy atom. The van der Waals surface area contributed by atoms with Crippen molar-refractivity contribution in [1.82, 2.24) is 10.2 Å². The lowest BCUT2D eigenvalue weighted by Gasteiger charge is -2.25. The quantitative estimate of drug-likeness (QED) is 0.840. The number of amides is 2. The molecule has 0 saturated heterocycles. The maximum absolute atomic E-state index is 11.8. The number of nitrogens with zero attached hydrogens (tertiary/aromatic N) is 1. The monoisotopic (exact) mass is 254 g/mol. The van der Waals surface area contributed by atoms with Crippen molar-refractivity contribution in [2.75, 3.05) is 6.54 Å². The fourth-order valence-electron chi connectivity index (χ4n) is 1.60. The number of carbonyl (C=O) groups is 2. The summed E-state index contributed by atoms with van der Waals surface area (Å²) in [6.07, 6.45) is 0. The van der Waals surface area contributed by atoms with Gasteiger partial charge in [-0.2, -0.15) is 0 Å². The van der Waals surface area contributed by atoms with Gasteiger partial charge in [-0.1, -0.05) is 0 Å². The molecule has 0 aliphatic heterocycles. The summed E-state index contributed by atoms with van der Waals surface area (Å²) in [4.78, 5) is 24.1. The third kappa shape index (κ3) is 3.51. The molecule has 0 radical (unpaired) electrons. The molecule has 18 heavy (non-hydrogen) atoms. The van der Waals surface area contributed by atoms with Crippen LogP contribution in [0.5, 0.6) is 0 Å². The van der Waals surface area contributed by atoms with Gasteiger partial charge in [-0.15, -0.1) is 0 Å². The molecule has 100 valence electrons. The average Bonchev–Trinajstić information content (AvgIpc) is 2.75. The molecule has 0 aliphatic carbocycles. The van der Waals surface area contributed by atoms with E-state index < -0.39 is 5.97 Å². The van der Waals surface area contributed by atoms with Gasteiger partial charge in [-0.3, -0.25) is 0 Å². The summed E-state index contributed by atoms with van der Waals surface area (Å²) in [6.45, 7) is 6.55. The number of carboxylic acid groups (broad SMARTS) is 1. The number of rotatable bonds is 5. The van der Waals surface area contributed by atoms with Crippen LogP contribution < -0.4 is 5.32 Å². The van der Waals surface area contributed by atoms with Gasteiger partial charge < -0.3 is 19.7 Å². The molecule has 1 rings (SSSR count). The molecule has 0 saturated carbocycles. The van der Waals surface area contributed by atoms with Gasteiger partial charge in [0.2, 0.25) is 5.76 Å². The van der Waals surface area contributed by atoms with Crippen LogP contribution in [0.25, 0.3) is 0 Å². The second-order valence-corrected chi connectivity index (χ2v) is 4.11. The van der Waals surface area contributed by atoms with E-state index >= 15 is 0 Å². The van der Waals surface area contributed by atoms with Crippen LogP contribution in [-0.4, -0.2) is 34.6 Å². The summed E-state index contributed by atoms with van der Waals surface area (Å²) in [6, 6.07) is 2.82. The maximum atomic E-state index is 11.8. The van der Waals surface area contributed by atoms with E-state index in [1.165, 1.54) is 12.1 Å². The fourth-order valence-corrected chi connectivity index (χ4v) is 1.60. The van der Waals surface area contributed by atoms with Crippen LogP contribution in [0.2, 0.25) is 0 Å². The molecular weight excluding hydrogens is 236 g/mol. The normalized spacial score (nSPS) is 10.4. The molecule has 2 amide bonds. The van der Waals surface area contributed by atoms with Crippen LogP contribution in [-0.2, 0) is 6.54 Å². The summed E-state index contributed by atoms with van der Waals surface area (Å²) < 4.78 is 5.04. The Balaban J connectivity index is 2.53. The first-order chi connectivity index (χ1) is 8.45. The number of hydrogen-bond donors (Lipinski definition) is 2. The molecule has 1 heterocycles. The van der Waals surface area contributed by atoms with E-state index in [4.69, 9.17) is 9.52 Å². The predicted molar refractivity (Wildman–Crippen MR) is 65.4 cm³/mol. The van der Waals surface area contributed by atoms with Gasteiger partial charge in [-0.05, 0) is 32.9 Å². The Labute approximate surface area is 106 Å². The fraction of sp³-hybridized carbons (Fsp3) is 0.500. The Morgan fingerprint density at radius 1 is 1.44 bits per heavy atom. The Hall–Kier alpha value is -1.98. The molecule has 0 unspecified atom stereocenters. The highest BCUT2D eigenvalue weighted by atomic mass is 16.4. The van der Waals surface area contributed by atoms with Gasteiger partial charge in [0.1, 0.15) is 5.76 Å². The number of hydrogen-bond acceptors (Lipinski definition) is 3. The van der Waals surface area contributed by atoms with Gasteiger partial charge in [0, 0.05) is 12.6 Å². The van der Waals surface area contributed by atoms with Crippen molar-refractivity contribution in [3.8, 4) is 0 Å². The molecule has 2 N–H and O–H groups in total. The van der Waals surface area contributed by atoms with E-state index in [0.717, 1.165) is 0 Å². The highest BCUT2D eigenvalue weighted by Gasteiger charge is 2.15. The van der Waals surface area contributed by atoms with Crippen molar-refractivity contribution >= 4 is 12.0 Å². The Morgan fingerprint density at radius 2 is 2.11 bits per heavy atom. The first kappa shape index (κ1) is 14.1. The van der Waals surface area contributed by atoms with Gasteiger partial charge in [0.05, 0.1) is 6.54 Å². The van der Waals surface area contributed by atoms with Crippen molar-refractivity contribution in [1.29, 1.82) is 0 Å². The minimum atomic E-state index is -1.12. The molecule has 0 fully saturated rings. The van der Waals surface area contributed by atoms with Crippen LogP contribution in [0.1, 0.15) is 37.1 Å². The van der Waals surface area contributed by atoms with E-state index in [-0.39, 0.29) is 24.4 Å². The predicted octanol–water partition coefficient (Wildman–Crippen LogP) is 1.92.